The standard InChI is InChI=1S/C37H48Cl2F3N5O8S/c1-9-56(52,53)28-13-12-23(38)17-22(28)19-47-31(48)25-18-27(37(40,41)42)26(29(39)30(25)43-32(47)49)21-45-14-10-11-24(20-45)46(34(51)55-36(5,6)7)16-15-44(8)33(50)54-35(2,3)4/h12-13,17-18,24H,9-11,14-16,19-21H2,1-8H3,(H,43,49)/t24-/m0/s1. The number of aromatic amines is 1. The van der Waals surface area contributed by atoms with Crippen molar-refractivity contribution in [2.75, 3.05) is 39.0 Å². The van der Waals surface area contributed by atoms with Gasteiger partial charge in [-0.1, -0.05) is 30.1 Å². The van der Waals surface area contributed by atoms with Gasteiger partial charge in [0.05, 0.1) is 38.7 Å². The average Bonchev–Trinajstić information content (AvgIpc) is 3.06. The molecule has 1 saturated heterocycles. The third-order valence-electron chi connectivity index (χ3n) is 9.00. The molecular weight excluding hydrogens is 802 g/mol. The van der Waals surface area contributed by atoms with Crippen molar-refractivity contribution in [3.8, 4) is 0 Å². The number of likely N-dealkylation sites (N-methyl/N-ethyl adjacent to an activating group) is 1. The molecule has 310 valence electrons. The van der Waals surface area contributed by atoms with Gasteiger partial charge in [-0.05, 0) is 96.3 Å². The van der Waals surface area contributed by atoms with Crippen LogP contribution in [0.15, 0.2) is 38.8 Å². The predicted octanol–water partition coefficient (Wildman–Crippen LogP) is 6.93. The third-order valence-corrected chi connectivity index (χ3v) is 11.5. The van der Waals surface area contributed by atoms with Crippen LogP contribution in [0.3, 0.4) is 0 Å². The number of amides is 2. The summed E-state index contributed by atoms with van der Waals surface area (Å²) >= 11 is 12.8. The second kappa shape index (κ2) is 17.0. The molecule has 1 atom stereocenters. The Morgan fingerprint density at radius 2 is 1.59 bits per heavy atom. The highest BCUT2D eigenvalue weighted by Crippen LogP contribution is 2.39. The van der Waals surface area contributed by atoms with Gasteiger partial charge < -0.3 is 24.3 Å². The molecule has 0 bridgehead atoms. The van der Waals surface area contributed by atoms with Crippen molar-refractivity contribution < 1.29 is 40.7 Å². The van der Waals surface area contributed by atoms with Crippen LogP contribution in [0.1, 0.15) is 78.0 Å². The summed E-state index contributed by atoms with van der Waals surface area (Å²) in [7, 11) is -2.31. The second-order valence-corrected chi connectivity index (χ2v) is 18.8. The van der Waals surface area contributed by atoms with E-state index in [1.807, 2.05) is 0 Å². The Morgan fingerprint density at radius 3 is 2.18 bits per heavy atom. The largest absolute Gasteiger partial charge is 0.444 e. The number of sulfone groups is 1. The van der Waals surface area contributed by atoms with E-state index in [-0.39, 0.29) is 58.5 Å². The van der Waals surface area contributed by atoms with Gasteiger partial charge in [0.25, 0.3) is 5.56 Å². The number of ether oxygens (including phenoxy) is 2. The highest BCUT2D eigenvalue weighted by molar-refractivity contribution is 7.91. The number of carbonyl (C=O) groups excluding carboxylic acids is 2. The summed E-state index contributed by atoms with van der Waals surface area (Å²) in [4.78, 5) is 60.0. The maximum atomic E-state index is 14.8. The number of hydrogen-bond donors (Lipinski definition) is 1. The van der Waals surface area contributed by atoms with E-state index in [0.29, 0.717) is 30.0 Å². The highest BCUT2D eigenvalue weighted by atomic mass is 35.5. The van der Waals surface area contributed by atoms with Gasteiger partial charge in [0.1, 0.15) is 11.2 Å². The van der Waals surface area contributed by atoms with Crippen molar-refractivity contribution in [3.63, 3.8) is 0 Å². The summed E-state index contributed by atoms with van der Waals surface area (Å²) in [5.41, 5.74) is -5.66. The van der Waals surface area contributed by atoms with Crippen LogP contribution >= 0.6 is 23.2 Å². The van der Waals surface area contributed by atoms with Gasteiger partial charge in [-0.15, -0.1) is 0 Å². The number of likely N-dealkylation sites (tertiary alicyclic amines) is 1. The molecule has 1 fully saturated rings. The predicted molar refractivity (Wildman–Crippen MR) is 207 cm³/mol. The zero-order valence-corrected chi connectivity index (χ0v) is 34.9. The number of alkyl halides is 3. The number of carbonyl (C=O) groups is 2. The molecule has 2 amide bonds. The first-order valence-electron chi connectivity index (χ1n) is 17.9. The monoisotopic (exact) mass is 849 g/mol. The number of nitrogens with zero attached hydrogens (tertiary/aromatic N) is 4. The van der Waals surface area contributed by atoms with E-state index >= 15 is 0 Å². The number of aromatic nitrogens is 2. The fourth-order valence-corrected chi connectivity index (χ4v) is 7.95. The van der Waals surface area contributed by atoms with E-state index in [4.69, 9.17) is 32.7 Å². The zero-order valence-electron chi connectivity index (χ0n) is 32.6. The molecule has 13 nitrogen and oxygen atoms in total. The fraction of sp³-hybridized carbons (Fsp3) is 0.568. The number of halogens is 5. The normalized spacial score (nSPS) is 15.8. The molecule has 1 aromatic heterocycles. The maximum absolute atomic E-state index is 14.8. The van der Waals surface area contributed by atoms with Crippen LogP contribution in [-0.2, 0) is 38.6 Å². The van der Waals surface area contributed by atoms with Crippen molar-refractivity contribution in [2.24, 2.45) is 0 Å². The SMILES string of the molecule is CCS(=O)(=O)c1ccc(Cl)cc1Cn1c(=O)[nH]c2c(Cl)c(CN3CCC[C@H](N(CCN(C)C(=O)OC(C)(C)C)C(=O)OC(C)(C)C)C3)c(C(F)(F)F)cc2c1=O. The molecule has 3 aromatic rings. The Morgan fingerprint density at radius 1 is 0.964 bits per heavy atom. The molecule has 1 aliphatic heterocycles. The lowest BCUT2D eigenvalue weighted by Gasteiger charge is -2.40. The molecule has 0 spiro atoms. The Balaban J connectivity index is 1.71. The number of fused-ring (bicyclic) bond motifs is 1. The first-order valence-corrected chi connectivity index (χ1v) is 20.4. The van der Waals surface area contributed by atoms with E-state index in [0.717, 1.165) is 0 Å². The summed E-state index contributed by atoms with van der Waals surface area (Å²) in [6, 6.07) is 3.95. The minimum Gasteiger partial charge on any atom is -0.444 e. The number of nitrogens with one attached hydrogen (secondary N) is 1. The van der Waals surface area contributed by atoms with Crippen molar-refractivity contribution in [3.05, 3.63) is 71.8 Å². The molecule has 0 radical (unpaired) electrons. The Labute approximate surface area is 333 Å². The van der Waals surface area contributed by atoms with Crippen molar-refractivity contribution in [1.82, 2.24) is 24.3 Å². The highest BCUT2D eigenvalue weighted by Gasteiger charge is 2.38. The molecule has 0 aliphatic carbocycles. The van der Waals surface area contributed by atoms with Gasteiger partial charge in [-0.2, -0.15) is 13.2 Å². The number of benzene rings is 2. The lowest BCUT2D eigenvalue weighted by atomic mass is 9.99. The molecule has 0 unspecified atom stereocenters. The number of piperidine rings is 1. The summed E-state index contributed by atoms with van der Waals surface area (Å²) in [6.07, 6.45) is -5.27. The van der Waals surface area contributed by atoms with Gasteiger partial charge >= 0.3 is 24.1 Å². The van der Waals surface area contributed by atoms with Gasteiger partial charge in [-0.3, -0.25) is 14.3 Å². The van der Waals surface area contributed by atoms with Crippen LogP contribution in [0.2, 0.25) is 10.0 Å². The fourth-order valence-electron chi connectivity index (χ4n) is 6.33. The molecule has 4 rings (SSSR count). The van der Waals surface area contributed by atoms with Gasteiger partial charge in [0.2, 0.25) is 0 Å². The smallest absolute Gasteiger partial charge is 0.416 e. The van der Waals surface area contributed by atoms with E-state index in [1.54, 1.807) is 46.4 Å². The molecular formula is C37H48Cl2F3N5O8S. The quantitative estimate of drug-likeness (QED) is 0.229. The molecule has 1 N–H and O–H groups in total. The minimum atomic E-state index is -4.99. The second-order valence-electron chi connectivity index (χ2n) is 15.7. The first-order chi connectivity index (χ1) is 25.7. The van der Waals surface area contributed by atoms with Crippen LogP contribution in [-0.4, -0.2) is 101 Å². The van der Waals surface area contributed by atoms with Gasteiger partial charge in [0.15, 0.2) is 9.84 Å². The molecule has 56 heavy (non-hydrogen) atoms. The van der Waals surface area contributed by atoms with Crippen molar-refractivity contribution >= 4 is 56.1 Å². The van der Waals surface area contributed by atoms with Crippen LogP contribution in [0.25, 0.3) is 10.9 Å². The summed E-state index contributed by atoms with van der Waals surface area (Å²) in [5.74, 6) is -0.291. The molecule has 19 heteroatoms. The molecule has 1 aliphatic rings. The first kappa shape index (κ1) is 44.9. The van der Waals surface area contributed by atoms with Crippen molar-refractivity contribution in [1.29, 1.82) is 0 Å². The lowest BCUT2D eigenvalue weighted by molar-refractivity contribution is -0.138. The lowest BCUT2D eigenvalue weighted by Crippen LogP contribution is -2.53. The number of hydrogen-bond acceptors (Lipinski definition) is 9. The third kappa shape index (κ3) is 11.0. The molecule has 2 heterocycles. The average molecular weight is 851 g/mol. The van der Waals surface area contributed by atoms with Crippen LogP contribution in [0, 0.1) is 0 Å². The Bertz CT molecular complexity index is 2200. The Hall–Kier alpha value is -3.80. The van der Waals surface area contributed by atoms with Crippen LogP contribution in [0.5, 0.6) is 0 Å². The minimum absolute atomic E-state index is 0.00150. The number of rotatable bonds is 10. The van der Waals surface area contributed by atoms with Crippen molar-refractivity contribution in [2.45, 2.75) is 103 Å². The van der Waals surface area contributed by atoms with E-state index < -0.39 is 79.2 Å². The van der Waals surface area contributed by atoms with E-state index in [1.165, 1.54) is 42.0 Å². The van der Waals surface area contributed by atoms with E-state index in [2.05, 4.69) is 4.98 Å². The summed E-state index contributed by atoms with van der Waals surface area (Å²) in [5, 5.41) is -0.901. The van der Waals surface area contributed by atoms with Crippen LogP contribution < -0.4 is 11.2 Å². The maximum Gasteiger partial charge on any atom is 0.416 e. The Kier molecular flexibility index (Phi) is 13.6. The van der Waals surface area contributed by atoms with Crippen LogP contribution in [0.4, 0.5) is 22.8 Å². The van der Waals surface area contributed by atoms with E-state index in [9.17, 15) is 40.8 Å². The zero-order chi connectivity index (χ0) is 42.1. The number of H-pyrrole nitrogens is 1. The van der Waals surface area contributed by atoms with Gasteiger partial charge in [-0.25, -0.2) is 22.8 Å². The summed E-state index contributed by atoms with van der Waals surface area (Å²) < 4.78 is 81.6. The molecule has 2 aromatic carbocycles. The van der Waals surface area contributed by atoms with Gasteiger partial charge in [0, 0.05) is 44.3 Å². The summed E-state index contributed by atoms with van der Waals surface area (Å²) in [6.45, 7) is 11.3. The molecule has 0 saturated carbocycles. The topological polar surface area (TPSA) is 151 Å².